The van der Waals surface area contributed by atoms with Crippen molar-refractivity contribution in [2.24, 2.45) is 0 Å². The highest BCUT2D eigenvalue weighted by Gasteiger charge is 2.18. The molecule has 1 heterocycles. The van der Waals surface area contributed by atoms with E-state index < -0.39 is 0 Å². The Hall–Kier alpha value is -2.57. The summed E-state index contributed by atoms with van der Waals surface area (Å²) in [5, 5.41) is 2.34. The van der Waals surface area contributed by atoms with Gasteiger partial charge in [-0.1, -0.05) is 59.8 Å². The van der Waals surface area contributed by atoms with E-state index in [-0.39, 0.29) is 16.6 Å². The molecule has 3 aromatic rings. The molecule has 2 aromatic carbocycles. The second-order valence-electron chi connectivity index (χ2n) is 5.01. The van der Waals surface area contributed by atoms with Crippen molar-refractivity contribution >= 4 is 40.6 Å². The molecule has 0 radical (unpaired) electrons. The van der Waals surface area contributed by atoms with Crippen LogP contribution in [-0.4, -0.2) is 22.1 Å². The third-order valence-electron chi connectivity index (χ3n) is 3.39. The van der Waals surface area contributed by atoms with Crippen LogP contribution in [-0.2, 0) is 0 Å². The third kappa shape index (κ3) is 4.10. The van der Waals surface area contributed by atoms with Crippen molar-refractivity contribution in [2.75, 3.05) is 11.3 Å². The number of carbonyl (C=O) groups excluding carboxylic acids is 1. The Balaban J connectivity index is 1.92. The van der Waals surface area contributed by atoms with Gasteiger partial charge in [0.05, 0.1) is 16.9 Å². The lowest BCUT2D eigenvalue weighted by Crippen LogP contribution is -2.39. The molecule has 0 aliphatic rings. The van der Waals surface area contributed by atoms with Crippen molar-refractivity contribution in [3.8, 4) is 0 Å². The van der Waals surface area contributed by atoms with Gasteiger partial charge < -0.3 is 0 Å². The zero-order chi connectivity index (χ0) is 17.6. The molecular weight excluding hydrogens is 356 g/mol. The van der Waals surface area contributed by atoms with Gasteiger partial charge in [-0.05, 0) is 30.5 Å². The molecule has 25 heavy (non-hydrogen) atoms. The maximum Gasteiger partial charge on any atom is 0.274 e. The standard InChI is InChI=1S/C18H15ClN4OS/c1-25-18-20-12-15(16(19)21-18)17(24)22-23(13-8-4-2-5-9-13)14-10-6-3-7-11-14/h2-12H,1H3,(H,22,24). The van der Waals surface area contributed by atoms with Crippen LogP contribution >= 0.6 is 23.4 Å². The lowest BCUT2D eigenvalue weighted by molar-refractivity contribution is 0.0953. The predicted molar refractivity (Wildman–Crippen MR) is 101 cm³/mol. The number of hydrogen-bond donors (Lipinski definition) is 1. The third-order valence-corrected chi connectivity index (χ3v) is 4.24. The summed E-state index contributed by atoms with van der Waals surface area (Å²) in [4.78, 5) is 20.9. The monoisotopic (exact) mass is 370 g/mol. The molecule has 0 unspecified atom stereocenters. The summed E-state index contributed by atoms with van der Waals surface area (Å²) in [6.45, 7) is 0. The van der Waals surface area contributed by atoms with Gasteiger partial charge in [-0.15, -0.1) is 0 Å². The van der Waals surface area contributed by atoms with Gasteiger partial charge in [0.25, 0.3) is 5.91 Å². The summed E-state index contributed by atoms with van der Waals surface area (Å²) in [5.41, 5.74) is 4.72. The van der Waals surface area contributed by atoms with Crippen LogP contribution in [0.2, 0.25) is 5.15 Å². The normalized spacial score (nSPS) is 10.3. The van der Waals surface area contributed by atoms with Gasteiger partial charge in [0.1, 0.15) is 5.15 Å². The molecule has 1 N–H and O–H groups in total. The first-order chi connectivity index (χ1) is 12.2. The number of thioether (sulfide) groups is 1. The Labute approximate surface area is 155 Å². The van der Waals surface area contributed by atoms with Crippen LogP contribution in [0.1, 0.15) is 10.4 Å². The number of hydrazine groups is 1. The van der Waals surface area contributed by atoms with Gasteiger partial charge in [0.2, 0.25) is 0 Å². The quantitative estimate of drug-likeness (QED) is 0.313. The second-order valence-corrected chi connectivity index (χ2v) is 6.14. The molecular formula is C18H15ClN4OS. The van der Waals surface area contributed by atoms with E-state index in [0.29, 0.717) is 5.16 Å². The number of anilines is 2. The van der Waals surface area contributed by atoms with E-state index in [1.807, 2.05) is 66.9 Å². The van der Waals surface area contributed by atoms with Crippen molar-refractivity contribution < 1.29 is 4.79 Å². The summed E-state index contributed by atoms with van der Waals surface area (Å²) >= 11 is 7.50. The summed E-state index contributed by atoms with van der Waals surface area (Å²) in [5.74, 6) is -0.384. The van der Waals surface area contributed by atoms with E-state index in [4.69, 9.17) is 11.6 Å². The molecule has 126 valence electrons. The molecule has 0 atom stereocenters. The molecule has 7 heteroatoms. The zero-order valence-corrected chi connectivity index (χ0v) is 15.0. The minimum absolute atomic E-state index is 0.123. The van der Waals surface area contributed by atoms with Crippen LogP contribution in [0.15, 0.2) is 72.0 Å². The lowest BCUT2D eigenvalue weighted by Gasteiger charge is -2.25. The largest absolute Gasteiger partial charge is 0.274 e. The van der Waals surface area contributed by atoms with Crippen LogP contribution in [0.3, 0.4) is 0 Å². The number of rotatable bonds is 5. The highest BCUT2D eigenvalue weighted by Crippen LogP contribution is 2.23. The van der Waals surface area contributed by atoms with Gasteiger partial charge in [-0.25, -0.2) is 9.97 Å². The first kappa shape index (κ1) is 17.3. The SMILES string of the molecule is CSc1ncc(C(=O)NN(c2ccccc2)c2ccccc2)c(Cl)n1. The average Bonchev–Trinajstić information content (AvgIpc) is 2.67. The Morgan fingerprint density at radius 2 is 1.60 bits per heavy atom. The van der Waals surface area contributed by atoms with Crippen molar-refractivity contribution in [1.29, 1.82) is 0 Å². The topological polar surface area (TPSA) is 58.1 Å². The average molecular weight is 371 g/mol. The molecule has 0 spiro atoms. The minimum Gasteiger partial charge on any atom is -0.267 e. The van der Waals surface area contributed by atoms with Crippen molar-refractivity contribution in [2.45, 2.75) is 5.16 Å². The summed E-state index contributed by atoms with van der Waals surface area (Å²) < 4.78 is 0. The van der Waals surface area contributed by atoms with E-state index in [1.165, 1.54) is 18.0 Å². The smallest absolute Gasteiger partial charge is 0.267 e. The van der Waals surface area contributed by atoms with Crippen molar-refractivity contribution in [3.05, 3.63) is 77.6 Å². The highest BCUT2D eigenvalue weighted by atomic mass is 35.5. The summed E-state index contributed by atoms with van der Waals surface area (Å²) in [6.07, 6.45) is 3.28. The maximum atomic E-state index is 12.7. The Morgan fingerprint density at radius 3 is 2.08 bits per heavy atom. The number of carbonyl (C=O) groups is 1. The van der Waals surface area contributed by atoms with Crippen LogP contribution in [0.4, 0.5) is 11.4 Å². The van der Waals surface area contributed by atoms with Gasteiger partial charge in [0, 0.05) is 6.20 Å². The second kappa shape index (κ2) is 8.00. The van der Waals surface area contributed by atoms with Crippen molar-refractivity contribution in [3.63, 3.8) is 0 Å². The lowest BCUT2D eigenvalue weighted by atomic mass is 10.2. The number of halogens is 1. The van der Waals surface area contributed by atoms with Gasteiger partial charge in [0.15, 0.2) is 5.16 Å². The van der Waals surface area contributed by atoms with Crippen molar-refractivity contribution in [1.82, 2.24) is 15.4 Å². The Kier molecular flexibility index (Phi) is 5.53. The fraction of sp³-hybridized carbons (Fsp3) is 0.0556. The number of benzene rings is 2. The first-order valence-corrected chi connectivity index (χ1v) is 9.07. The van der Waals surface area contributed by atoms with E-state index in [1.54, 1.807) is 5.01 Å². The molecule has 1 amide bonds. The number of nitrogens with one attached hydrogen (secondary N) is 1. The number of hydrogen-bond acceptors (Lipinski definition) is 5. The number of nitrogens with zero attached hydrogens (tertiary/aromatic N) is 3. The Morgan fingerprint density at radius 1 is 1.04 bits per heavy atom. The molecule has 0 saturated carbocycles. The van der Waals surface area contributed by atoms with E-state index in [2.05, 4.69) is 15.4 Å². The van der Waals surface area contributed by atoms with Crippen LogP contribution < -0.4 is 10.4 Å². The molecule has 1 aromatic heterocycles. The van der Waals surface area contributed by atoms with Crippen LogP contribution in [0.25, 0.3) is 0 Å². The fourth-order valence-electron chi connectivity index (χ4n) is 2.19. The van der Waals surface area contributed by atoms with Crippen LogP contribution in [0, 0.1) is 0 Å². The predicted octanol–water partition coefficient (Wildman–Crippen LogP) is 4.34. The first-order valence-electron chi connectivity index (χ1n) is 7.47. The number of amides is 1. The maximum absolute atomic E-state index is 12.7. The van der Waals surface area contributed by atoms with E-state index >= 15 is 0 Å². The summed E-state index contributed by atoms with van der Waals surface area (Å²) in [6, 6.07) is 19.1. The molecule has 0 aliphatic heterocycles. The number of aromatic nitrogens is 2. The fourth-order valence-corrected chi connectivity index (χ4v) is 2.80. The van der Waals surface area contributed by atoms with E-state index in [0.717, 1.165) is 11.4 Å². The van der Waals surface area contributed by atoms with Gasteiger partial charge in [-0.3, -0.25) is 15.2 Å². The number of para-hydroxylation sites is 2. The molecule has 0 aliphatic carbocycles. The van der Waals surface area contributed by atoms with Crippen LogP contribution in [0.5, 0.6) is 0 Å². The summed E-state index contributed by atoms with van der Waals surface area (Å²) in [7, 11) is 0. The Bertz CT molecular complexity index is 822. The van der Waals surface area contributed by atoms with Gasteiger partial charge >= 0.3 is 0 Å². The molecule has 0 bridgehead atoms. The molecule has 5 nitrogen and oxygen atoms in total. The van der Waals surface area contributed by atoms with E-state index in [9.17, 15) is 4.79 Å². The molecule has 0 fully saturated rings. The highest BCUT2D eigenvalue weighted by molar-refractivity contribution is 7.98. The molecule has 0 saturated heterocycles. The zero-order valence-electron chi connectivity index (χ0n) is 13.4. The molecule has 3 rings (SSSR count). The van der Waals surface area contributed by atoms with Gasteiger partial charge in [-0.2, -0.15) is 0 Å². The minimum atomic E-state index is -0.384.